The molecule has 2 rings (SSSR count). The number of hydrazine groups is 1. The first-order valence-electron chi connectivity index (χ1n) is 3.75. The fourth-order valence-electron chi connectivity index (χ4n) is 1.13. The van der Waals surface area contributed by atoms with Gasteiger partial charge >= 0.3 is 0 Å². The zero-order valence-electron chi connectivity index (χ0n) is 6.77. The van der Waals surface area contributed by atoms with Gasteiger partial charge in [0.25, 0.3) is 0 Å². The van der Waals surface area contributed by atoms with Gasteiger partial charge in [-0.05, 0) is 22.4 Å². The average molecular weight is 195 g/mol. The highest BCUT2D eigenvalue weighted by Gasteiger charge is 2.14. The fourth-order valence-corrected chi connectivity index (χ4v) is 1.81. The highest BCUT2D eigenvalue weighted by Crippen LogP contribution is 2.19. The molecule has 4 N–H and O–H groups in total. The van der Waals surface area contributed by atoms with E-state index in [-0.39, 0.29) is 6.04 Å². The molecule has 0 aliphatic heterocycles. The topological polar surface area (TPSA) is 79.6 Å². The second-order valence-electron chi connectivity index (χ2n) is 2.53. The quantitative estimate of drug-likeness (QED) is 0.490. The summed E-state index contributed by atoms with van der Waals surface area (Å²) >= 11 is 1.62. The Morgan fingerprint density at radius 2 is 2.54 bits per heavy atom. The van der Waals surface area contributed by atoms with Gasteiger partial charge in [0.15, 0.2) is 0 Å². The number of H-pyrrole nitrogens is 1. The number of aromatic amines is 1. The summed E-state index contributed by atoms with van der Waals surface area (Å²) in [5.41, 5.74) is 3.77. The third kappa shape index (κ3) is 1.59. The van der Waals surface area contributed by atoms with Crippen molar-refractivity contribution in [2.75, 3.05) is 0 Å². The molecule has 0 spiro atoms. The van der Waals surface area contributed by atoms with Crippen molar-refractivity contribution in [2.45, 2.75) is 6.04 Å². The molecule has 13 heavy (non-hydrogen) atoms. The Morgan fingerprint density at radius 1 is 1.62 bits per heavy atom. The summed E-state index contributed by atoms with van der Waals surface area (Å²) in [4.78, 5) is 4.04. The van der Waals surface area contributed by atoms with E-state index in [0.717, 1.165) is 11.4 Å². The molecule has 0 fully saturated rings. The molecular weight excluding hydrogens is 186 g/mol. The number of hydrogen-bond donors (Lipinski definition) is 3. The van der Waals surface area contributed by atoms with Crippen LogP contribution in [0.25, 0.3) is 0 Å². The molecular formula is C7H9N5S. The first-order chi connectivity index (χ1) is 6.42. The van der Waals surface area contributed by atoms with Gasteiger partial charge in [-0.2, -0.15) is 16.4 Å². The van der Waals surface area contributed by atoms with Crippen LogP contribution >= 0.6 is 11.3 Å². The van der Waals surface area contributed by atoms with Crippen molar-refractivity contribution < 1.29 is 0 Å². The van der Waals surface area contributed by atoms with E-state index >= 15 is 0 Å². The first kappa shape index (κ1) is 8.36. The highest BCUT2D eigenvalue weighted by molar-refractivity contribution is 7.07. The SMILES string of the molecule is NNC(c1ccsc1)c1ncn[nH]1. The molecule has 0 radical (unpaired) electrons. The molecule has 0 aliphatic carbocycles. The summed E-state index contributed by atoms with van der Waals surface area (Å²) in [5, 5.41) is 10.6. The van der Waals surface area contributed by atoms with Crippen LogP contribution in [0.3, 0.4) is 0 Å². The Balaban J connectivity index is 2.29. The molecule has 5 nitrogen and oxygen atoms in total. The van der Waals surface area contributed by atoms with E-state index in [2.05, 4.69) is 20.6 Å². The van der Waals surface area contributed by atoms with E-state index in [4.69, 9.17) is 5.84 Å². The Bertz CT molecular complexity index is 307. The van der Waals surface area contributed by atoms with Gasteiger partial charge in [-0.15, -0.1) is 0 Å². The van der Waals surface area contributed by atoms with E-state index in [1.165, 1.54) is 6.33 Å². The third-order valence-electron chi connectivity index (χ3n) is 1.75. The van der Waals surface area contributed by atoms with Crippen LogP contribution in [-0.2, 0) is 0 Å². The first-order valence-corrected chi connectivity index (χ1v) is 4.69. The van der Waals surface area contributed by atoms with Crippen molar-refractivity contribution in [1.82, 2.24) is 20.6 Å². The molecule has 0 aliphatic rings. The predicted molar refractivity (Wildman–Crippen MR) is 49.9 cm³/mol. The maximum absolute atomic E-state index is 5.42. The number of nitrogens with one attached hydrogen (secondary N) is 2. The number of nitrogens with zero attached hydrogens (tertiary/aromatic N) is 2. The van der Waals surface area contributed by atoms with Crippen molar-refractivity contribution in [3.63, 3.8) is 0 Å². The summed E-state index contributed by atoms with van der Waals surface area (Å²) < 4.78 is 0. The molecule has 68 valence electrons. The molecule has 0 aromatic carbocycles. The summed E-state index contributed by atoms with van der Waals surface area (Å²) in [6.07, 6.45) is 1.46. The van der Waals surface area contributed by atoms with Crippen LogP contribution in [0.15, 0.2) is 23.2 Å². The van der Waals surface area contributed by atoms with Crippen LogP contribution in [0.2, 0.25) is 0 Å². The summed E-state index contributed by atoms with van der Waals surface area (Å²) in [6, 6.07) is 1.89. The van der Waals surface area contributed by atoms with Gasteiger partial charge in [-0.3, -0.25) is 10.9 Å². The van der Waals surface area contributed by atoms with E-state index in [1.54, 1.807) is 11.3 Å². The number of nitrogens with two attached hydrogens (primary N) is 1. The molecule has 2 aromatic heterocycles. The standard InChI is InChI=1S/C7H9N5S/c8-11-6(5-1-2-13-3-5)7-9-4-10-12-7/h1-4,6,11H,8H2,(H,9,10,12). The smallest absolute Gasteiger partial charge is 0.147 e. The molecule has 0 saturated carbocycles. The van der Waals surface area contributed by atoms with Crippen molar-refractivity contribution in [3.8, 4) is 0 Å². The number of aromatic nitrogens is 3. The summed E-state index contributed by atoms with van der Waals surface area (Å²) in [7, 11) is 0. The summed E-state index contributed by atoms with van der Waals surface area (Å²) in [5.74, 6) is 6.15. The van der Waals surface area contributed by atoms with E-state index in [1.807, 2.05) is 16.8 Å². The van der Waals surface area contributed by atoms with Crippen LogP contribution in [0.5, 0.6) is 0 Å². The highest BCUT2D eigenvalue weighted by atomic mass is 32.1. The zero-order chi connectivity index (χ0) is 9.10. The molecule has 2 aromatic rings. The van der Waals surface area contributed by atoms with Crippen molar-refractivity contribution in [2.24, 2.45) is 5.84 Å². The van der Waals surface area contributed by atoms with E-state index < -0.39 is 0 Å². The molecule has 1 unspecified atom stereocenters. The van der Waals surface area contributed by atoms with E-state index in [0.29, 0.717) is 0 Å². The minimum absolute atomic E-state index is 0.103. The zero-order valence-corrected chi connectivity index (χ0v) is 7.58. The van der Waals surface area contributed by atoms with Crippen LogP contribution in [-0.4, -0.2) is 15.2 Å². The normalized spacial score (nSPS) is 13.0. The Hall–Kier alpha value is -1.24. The minimum atomic E-state index is -0.103. The van der Waals surface area contributed by atoms with Gasteiger partial charge in [-0.25, -0.2) is 10.4 Å². The Labute approximate surface area is 79.0 Å². The summed E-state index contributed by atoms with van der Waals surface area (Å²) in [6.45, 7) is 0. The largest absolute Gasteiger partial charge is 0.270 e. The average Bonchev–Trinajstić information content (AvgIpc) is 2.76. The second kappa shape index (κ2) is 3.65. The lowest BCUT2D eigenvalue weighted by atomic mass is 10.1. The Morgan fingerprint density at radius 3 is 3.08 bits per heavy atom. The number of hydrogen-bond acceptors (Lipinski definition) is 5. The lowest BCUT2D eigenvalue weighted by molar-refractivity contribution is 0.606. The van der Waals surface area contributed by atoms with E-state index in [9.17, 15) is 0 Å². The Kier molecular flexibility index (Phi) is 2.35. The molecule has 0 bridgehead atoms. The van der Waals surface area contributed by atoms with Crippen molar-refractivity contribution in [3.05, 3.63) is 34.5 Å². The molecule has 2 heterocycles. The lowest BCUT2D eigenvalue weighted by Gasteiger charge is -2.10. The molecule has 0 amide bonds. The number of rotatable bonds is 3. The van der Waals surface area contributed by atoms with Crippen molar-refractivity contribution in [1.29, 1.82) is 0 Å². The van der Waals surface area contributed by atoms with Gasteiger partial charge in [0.05, 0.1) is 0 Å². The molecule has 0 saturated heterocycles. The maximum Gasteiger partial charge on any atom is 0.147 e. The van der Waals surface area contributed by atoms with Crippen molar-refractivity contribution >= 4 is 11.3 Å². The van der Waals surface area contributed by atoms with Crippen LogP contribution < -0.4 is 11.3 Å². The lowest BCUT2D eigenvalue weighted by Crippen LogP contribution is -2.29. The third-order valence-corrected chi connectivity index (χ3v) is 2.45. The van der Waals surface area contributed by atoms with Gasteiger partial charge in [0, 0.05) is 0 Å². The van der Waals surface area contributed by atoms with Gasteiger partial charge < -0.3 is 0 Å². The van der Waals surface area contributed by atoms with Gasteiger partial charge in [0.2, 0.25) is 0 Å². The maximum atomic E-state index is 5.42. The minimum Gasteiger partial charge on any atom is -0.270 e. The van der Waals surface area contributed by atoms with Crippen LogP contribution in [0, 0.1) is 0 Å². The van der Waals surface area contributed by atoms with Gasteiger partial charge in [0.1, 0.15) is 18.2 Å². The van der Waals surface area contributed by atoms with Gasteiger partial charge in [-0.1, -0.05) is 0 Å². The monoisotopic (exact) mass is 195 g/mol. The number of thiophene rings is 1. The fraction of sp³-hybridized carbons (Fsp3) is 0.143. The van der Waals surface area contributed by atoms with Crippen LogP contribution in [0.4, 0.5) is 0 Å². The van der Waals surface area contributed by atoms with Crippen LogP contribution in [0.1, 0.15) is 17.4 Å². The second-order valence-corrected chi connectivity index (χ2v) is 3.31. The molecule has 1 atom stereocenters. The molecule has 6 heteroatoms. The predicted octanol–water partition coefficient (Wildman–Crippen LogP) is 0.419.